The van der Waals surface area contributed by atoms with E-state index in [2.05, 4.69) is 5.32 Å². The van der Waals surface area contributed by atoms with Crippen LogP contribution in [0.4, 0.5) is 0 Å². The van der Waals surface area contributed by atoms with E-state index in [1.807, 2.05) is 24.3 Å². The quantitative estimate of drug-likeness (QED) is 0.169. The molecule has 0 saturated heterocycles. The Hall–Kier alpha value is -4.99. The van der Waals surface area contributed by atoms with Crippen molar-refractivity contribution in [3.8, 4) is 17.2 Å². The molecule has 0 fully saturated rings. The van der Waals surface area contributed by atoms with Crippen molar-refractivity contribution in [3.05, 3.63) is 89.5 Å². The minimum absolute atomic E-state index is 0.0140. The van der Waals surface area contributed by atoms with Crippen molar-refractivity contribution in [2.45, 2.75) is 64.8 Å². The molecular weight excluding hydrogens is 578 g/mol. The Bertz CT molecular complexity index is 1430. The molecule has 10 nitrogen and oxygen atoms in total. The third-order valence-electron chi connectivity index (χ3n) is 6.76. The van der Waals surface area contributed by atoms with Gasteiger partial charge in [-0.2, -0.15) is 0 Å². The molecule has 3 aromatic rings. The molecule has 1 unspecified atom stereocenters. The average Bonchev–Trinajstić information content (AvgIpc) is 3.03. The van der Waals surface area contributed by atoms with Crippen LogP contribution in [0, 0.1) is 0 Å². The minimum atomic E-state index is -0.999. The van der Waals surface area contributed by atoms with E-state index in [4.69, 9.17) is 18.9 Å². The molecule has 238 valence electrons. The zero-order valence-electron chi connectivity index (χ0n) is 25.8. The number of amides is 1. The SMILES string of the molecule is CCOC(=O)CCc1ccc(OC(=O)C(Cc2ccc(OC(=O)CCC(C)=O)cc2)NC(=O)CCc2ccc(OC)cc2)cc1. The number of ketones is 1. The van der Waals surface area contributed by atoms with Crippen molar-refractivity contribution in [1.82, 2.24) is 5.32 Å². The first-order valence-corrected chi connectivity index (χ1v) is 14.8. The van der Waals surface area contributed by atoms with Crippen LogP contribution >= 0.6 is 0 Å². The highest BCUT2D eigenvalue weighted by molar-refractivity contribution is 5.86. The normalized spacial score (nSPS) is 11.2. The highest BCUT2D eigenvalue weighted by atomic mass is 16.5. The lowest BCUT2D eigenvalue weighted by Gasteiger charge is -2.18. The van der Waals surface area contributed by atoms with Gasteiger partial charge < -0.3 is 29.1 Å². The maximum Gasteiger partial charge on any atom is 0.334 e. The van der Waals surface area contributed by atoms with E-state index in [0.29, 0.717) is 36.5 Å². The third kappa shape index (κ3) is 12.6. The number of benzene rings is 3. The molecule has 3 rings (SSSR count). The first-order valence-electron chi connectivity index (χ1n) is 14.8. The molecule has 0 aliphatic rings. The van der Waals surface area contributed by atoms with Gasteiger partial charge in [0.2, 0.25) is 5.91 Å². The number of rotatable bonds is 17. The molecule has 0 spiro atoms. The summed E-state index contributed by atoms with van der Waals surface area (Å²) in [4.78, 5) is 61.0. The van der Waals surface area contributed by atoms with Crippen molar-refractivity contribution in [2.24, 2.45) is 0 Å². The second kappa shape index (κ2) is 18.0. The zero-order valence-corrected chi connectivity index (χ0v) is 25.8. The molecule has 1 amide bonds. The Morgan fingerprint density at radius 2 is 1.18 bits per heavy atom. The summed E-state index contributed by atoms with van der Waals surface area (Å²) in [5, 5.41) is 2.80. The highest BCUT2D eigenvalue weighted by Crippen LogP contribution is 2.18. The van der Waals surface area contributed by atoms with Gasteiger partial charge in [-0.3, -0.25) is 14.4 Å². The average molecular weight is 618 g/mol. The van der Waals surface area contributed by atoms with Gasteiger partial charge in [-0.05, 0) is 79.8 Å². The maximum absolute atomic E-state index is 13.3. The summed E-state index contributed by atoms with van der Waals surface area (Å²) in [6, 6.07) is 19.7. The number of hydrogen-bond acceptors (Lipinski definition) is 9. The van der Waals surface area contributed by atoms with Crippen molar-refractivity contribution in [3.63, 3.8) is 0 Å². The van der Waals surface area contributed by atoms with Crippen LogP contribution < -0.4 is 19.5 Å². The summed E-state index contributed by atoms with van der Waals surface area (Å²) >= 11 is 0. The molecule has 0 heterocycles. The number of aryl methyl sites for hydroxylation is 2. The van der Waals surface area contributed by atoms with Crippen molar-refractivity contribution < 1.29 is 42.9 Å². The number of carbonyl (C=O) groups is 5. The minimum Gasteiger partial charge on any atom is -0.497 e. The third-order valence-corrected chi connectivity index (χ3v) is 6.76. The number of Topliss-reactive ketones (excluding diaryl/α,β-unsaturated/α-hetero) is 1. The van der Waals surface area contributed by atoms with Gasteiger partial charge in [-0.15, -0.1) is 0 Å². The molecule has 0 bridgehead atoms. The number of nitrogens with one attached hydrogen (secondary N) is 1. The van der Waals surface area contributed by atoms with Gasteiger partial charge in [0.15, 0.2) is 0 Å². The van der Waals surface area contributed by atoms with Crippen LogP contribution in [0.5, 0.6) is 17.2 Å². The van der Waals surface area contributed by atoms with E-state index in [9.17, 15) is 24.0 Å². The van der Waals surface area contributed by atoms with Gasteiger partial charge in [-0.25, -0.2) is 4.79 Å². The van der Waals surface area contributed by atoms with Gasteiger partial charge in [0.05, 0.1) is 20.1 Å². The maximum atomic E-state index is 13.3. The van der Waals surface area contributed by atoms with E-state index in [1.165, 1.54) is 6.92 Å². The predicted octanol–water partition coefficient (Wildman–Crippen LogP) is 4.73. The molecule has 10 heteroatoms. The molecule has 3 aromatic carbocycles. The van der Waals surface area contributed by atoms with Crippen molar-refractivity contribution in [1.29, 1.82) is 0 Å². The van der Waals surface area contributed by atoms with Gasteiger partial charge >= 0.3 is 17.9 Å². The standard InChI is InChI=1S/C35H39NO9/c1-4-43-33(39)22-13-26-8-16-30(17-9-26)45-35(41)31(36-32(38)20-12-25-6-14-28(42-3)15-7-25)23-27-10-18-29(19-11-27)44-34(40)21-5-24(2)37/h6-11,14-19,31H,4-5,12-13,20-23H2,1-3H3,(H,36,38). The lowest BCUT2D eigenvalue weighted by atomic mass is 10.0. The van der Waals surface area contributed by atoms with Crippen LogP contribution in [0.1, 0.15) is 56.2 Å². The predicted molar refractivity (Wildman–Crippen MR) is 166 cm³/mol. The molecule has 0 radical (unpaired) electrons. The second-order valence-electron chi connectivity index (χ2n) is 10.4. The number of ether oxygens (including phenoxy) is 4. The van der Waals surface area contributed by atoms with Crippen molar-refractivity contribution >= 4 is 29.6 Å². The fourth-order valence-corrected chi connectivity index (χ4v) is 4.29. The zero-order chi connectivity index (χ0) is 32.6. The molecular formula is C35H39NO9. The lowest BCUT2D eigenvalue weighted by Crippen LogP contribution is -2.44. The number of carbonyl (C=O) groups excluding carboxylic acids is 5. The molecule has 1 N–H and O–H groups in total. The fraction of sp³-hybridized carbons (Fsp3) is 0.343. The summed E-state index contributed by atoms with van der Waals surface area (Å²) in [7, 11) is 1.58. The Labute approximate surface area is 263 Å². The highest BCUT2D eigenvalue weighted by Gasteiger charge is 2.24. The Morgan fingerprint density at radius 1 is 0.644 bits per heavy atom. The fourth-order valence-electron chi connectivity index (χ4n) is 4.29. The first-order chi connectivity index (χ1) is 21.6. The topological polar surface area (TPSA) is 134 Å². The van der Waals surface area contributed by atoms with Crippen LogP contribution in [0.15, 0.2) is 72.8 Å². The molecule has 0 saturated carbocycles. The lowest BCUT2D eigenvalue weighted by molar-refractivity contribution is -0.143. The van der Waals surface area contributed by atoms with E-state index in [-0.39, 0.29) is 49.8 Å². The Morgan fingerprint density at radius 3 is 1.73 bits per heavy atom. The monoisotopic (exact) mass is 617 g/mol. The Kier molecular flexibility index (Phi) is 13.8. The second-order valence-corrected chi connectivity index (χ2v) is 10.4. The largest absolute Gasteiger partial charge is 0.497 e. The molecule has 0 aliphatic carbocycles. The van der Waals surface area contributed by atoms with Gasteiger partial charge in [0, 0.05) is 25.7 Å². The first kappa shape index (κ1) is 34.5. The molecule has 0 aliphatic heterocycles. The number of methoxy groups -OCH3 is 1. The van der Waals surface area contributed by atoms with E-state index in [0.717, 1.165) is 16.9 Å². The van der Waals surface area contributed by atoms with Crippen LogP contribution in [0.3, 0.4) is 0 Å². The summed E-state index contributed by atoms with van der Waals surface area (Å²) in [5.74, 6) is -0.549. The summed E-state index contributed by atoms with van der Waals surface area (Å²) in [6.45, 7) is 3.49. The number of esters is 3. The smallest absolute Gasteiger partial charge is 0.334 e. The molecule has 1 atom stereocenters. The summed E-state index contributed by atoms with van der Waals surface area (Å²) < 4.78 is 21.0. The summed E-state index contributed by atoms with van der Waals surface area (Å²) in [5.41, 5.74) is 2.53. The summed E-state index contributed by atoms with van der Waals surface area (Å²) in [6.07, 6.45) is 1.57. The van der Waals surface area contributed by atoms with E-state index in [1.54, 1.807) is 62.6 Å². The Balaban J connectivity index is 1.66. The van der Waals surface area contributed by atoms with Crippen LogP contribution in [0.25, 0.3) is 0 Å². The van der Waals surface area contributed by atoms with Gasteiger partial charge in [0.25, 0.3) is 0 Å². The van der Waals surface area contributed by atoms with E-state index >= 15 is 0 Å². The van der Waals surface area contributed by atoms with Gasteiger partial charge in [-0.1, -0.05) is 36.4 Å². The number of hydrogen-bond donors (Lipinski definition) is 1. The molecule has 45 heavy (non-hydrogen) atoms. The van der Waals surface area contributed by atoms with Crippen LogP contribution in [0.2, 0.25) is 0 Å². The van der Waals surface area contributed by atoms with Crippen LogP contribution in [-0.2, 0) is 48.0 Å². The molecule has 0 aromatic heterocycles. The van der Waals surface area contributed by atoms with Gasteiger partial charge in [0.1, 0.15) is 29.1 Å². The van der Waals surface area contributed by atoms with Crippen molar-refractivity contribution in [2.75, 3.05) is 13.7 Å². The van der Waals surface area contributed by atoms with E-state index < -0.39 is 18.0 Å². The van der Waals surface area contributed by atoms with Crippen LogP contribution in [-0.4, -0.2) is 49.4 Å².